The summed E-state index contributed by atoms with van der Waals surface area (Å²) >= 11 is 3.26. The van der Waals surface area contributed by atoms with Crippen molar-refractivity contribution in [2.75, 3.05) is 0 Å². The normalized spacial score (nSPS) is 14.7. The molecule has 0 aliphatic carbocycles. The van der Waals surface area contributed by atoms with Crippen molar-refractivity contribution in [1.29, 1.82) is 0 Å². The van der Waals surface area contributed by atoms with Gasteiger partial charge in [-0.25, -0.2) is 0 Å². The first-order chi connectivity index (χ1) is 6.93. The molecule has 0 heterocycles. The number of carboxylic acid groups (broad SMARTS) is 1. The van der Waals surface area contributed by atoms with Crippen LogP contribution >= 0.6 is 15.9 Å². The zero-order chi connectivity index (χ0) is 11.6. The van der Waals surface area contributed by atoms with Crippen molar-refractivity contribution in [3.63, 3.8) is 0 Å². The highest BCUT2D eigenvalue weighted by Gasteiger charge is 2.24. The van der Waals surface area contributed by atoms with Gasteiger partial charge >= 0.3 is 5.97 Å². The van der Waals surface area contributed by atoms with Crippen molar-refractivity contribution in [3.8, 4) is 0 Å². The largest absolute Gasteiger partial charge is 0.480 e. The highest BCUT2D eigenvalue weighted by atomic mass is 79.9. The Balaban J connectivity index is 3.01. The molecule has 0 bridgehead atoms. The molecule has 0 aliphatic heterocycles. The van der Waals surface area contributed by atoms with Gasteiger partial charge in [-0.2, -0.15) is 0 Å². The van der Waals surface area contributed by atoms with E-state index in [-0.39, 0.29) is 0 Å². The van der Waals surface area contributed by atoms with E-state index < -0.39 is 18.1 Å². The average Bonchev–Trinajstić information content (AvgIpc) is 2.15. The fraction of sp³-hybridized carbons (Fsp3) is 0.300. The fourth-order valence-corrected chi connectivity index (χ4v) is 1.93. The van der Waals surface area contributed by atoms with E-state index in [1.165, 1.54) is 0 Å². The number of nitrogens with two attached hydrogens (primary N) is 1. The number of aryl methyl sites for hydroxylation is 1. The molecule has 1 aromatic rings. The van der Waals surface area contributed by atoms with Gasteiger partial charge in [0.25, 0.3) is 0 Å². The van der Waals surface area contributed by atoms with Crippen molar-refractivity contribution >= 4 is 21.9 Å². The number of aliphatic hydroxyl groups excluding tert-OH is 1. The summed E-state index contributed by atoms with van der Waals surface area (Å²) in [5.41, 5.74) is 6.83. The molecule has 0 fully saturated rings. The molecule has 0 saturated heterocycles. The average molecular weight is 274 g/mol. The summed E-state index contributed by atoms with van der Waals surface area (Å²) in [5.74, 6) is -1.23. The zero-order valence-corrected chi connectivity index (χ0v) is 9.73. The Hall–Kier alpha value is -0.910. The summed E-state index contributed by atoms with van der Waals surface area (Å²) in [7, 11) is 0. The molecule has 0 radical (unpaired) electrons. The Morgan fingerprint density at radius 3 is 2.60 bits per heavy atom. The number of aliphatic hydroxyl groups is 1. The second kappa shape index (κ2) is 4.74. The molecule has 2 atom stereocenters. The molecular formula is C10H12BrNO3. The first-order valence-electron chi connectivity index (χ1n) is 4.36. The number of carbonyl (C=O) groups is 1. The van der Waals surface area contributed by atoms with Crippen LogP contribution in [0.25, 0.3) is 0 Å². The Morgan fingerprint density at radius 2 is 2.13 bits per heavy atom. The quantitative estimate of drug-likeness (QED) is 0.773. The molecule has 0 aromatic heterocycles. The molecular weight excluding hydrogens is 262 g/mol. The van der Waals surface area contributed by atoms with Gasteiger partial charge in [-0.15, -0.1) is 0 Å². The van der Waals surface area contributed by atoms with Crippen molar-refractivity contribution < 1.29 is 15.0 Å². The predicted octanol–water partition coefficient (Wildman–Crippen LogP) is 1.20. The number of halogens is 1. The van der Waals surface area contributed by atoms with E-state index >= 15 is 0 Å². The van der Waals surface area contributed by atoms with Gasteiger partial charge < -0.3 is 15.9 Å². The topological polar surface area (TPSA) is 83.5 Å². The third-order valence-corrected chi connectivity index (χ3v) is 2.79. The molecule has 5 heteroatoms. The van der Waals surface area contributed by atoms with Gasteiger partial charge in [-0.3, -0.25) is 4.79 Å². The van der Waals surface area contributed by atoms with E-state index in [0.29, 0.717) is 10.0 Å². The van der Waals surface area contributed by atoms with Crippen LogP contribution < -0.4 is 5.73 Å². The van der Waals surface area contributed by atoms with Crippen molar-refractivity contribution in [3.05, 3.63) is 33.8 Å². The van der Waals surface area contributed by atoms with Crippen LogP contribution in [-0.2, 0) is 4.79 Å². The van der Waals surface area contributed by atoms with Gasteiger partial charge in [-0.05, 0) is 24.1 Å². The molecule has 4 N–H and O–H groups in total. The van der Waals surface area contributed by atoms with Crippen LogP contribution in [0.3, 0.4) is 0 Å². The Labute approximate surface area is 95.8 Å². The number of hydrogen-bond acceptors (Lipinski definition) is 3. The van der Waals surface area contributed by atoms with Crippen LogP contribution in [-0.4, -0.2) is 22.2 Å². The minimum absolute atomic E-state index is 0.482. The summed E-state index contributed by atoms with van der Waals surface area (Å²) in [4.78, 5) is 10.6. The fourth-order valence-electron chi connectivity index (χ4n) is 1.20. The molecule has 0 amide bonds. The number of rotatable bonds is 3. The van der Waals surface area contributed by atoms with Gasteiger partial charge in [0, 0.05) is 4.47 Å². The third-order valence-electron chi connectivity index (χ3n) is 2.10. The first-order valence-corrected chi connectivity index (χ1v) is 5.15. The Morgan fingerprint density at radius 1 is 1.53 bits per heavy atom. The molecule has 0 spiro atoms. The van der Waals surface area contributed by atoms with E-state index in [1.54, 1.807) is 18.2 Å². The van der Waals surface area contributed by atoms with Crippen LogP contribution in [0.15, 0.2) is 22.7 Å². The van der Waals surface area contributed by atoms with Crippen molar-refractivity contribution in [1.82, 2.24) is 0 Å². The second-order valence-corrected chi connectivity index (χ2v) is 4.19. The van der Waals surface area contributed by atoms with Gasteiger partial charge in [0.2, 0.25) is 0 Å². The lowest BCUT2D eigenvalue weighted by atomic mass is 10.0. The molecule has 82 valence electrons. The van der Waals surface area contributed by atoms with Crippen LogP contribution in [0, 0.1) is 6.92 Å². The summed E-state index contributed by atoms with van der Waals surface area (Å²) in [6.07, 6.45) is -1.21. The lowest BCUT2D eigenvalue weighted by Gasteiger charge is -2.16. The van der Waals surface area contributed by atoms with Crippen LogP contribution in [0.4, 0.5) is 0 Å². The molecule has 15 heavy (non-hydrogen) atoms. The number of hydrogen-bond donors (Lipinski definition) is 3. The smallest absolute Gasteiger partial charge is 0.323 e. The molecule has 1 rings (SSSR count). The summed E-state index contributed by atoms with van der Waals surface area (Å²) in [6.45, 7) is 1.90. The third kappa shape index (κ3) is 2.77. The maximum Gasteiger partial charge on any atom is 0.323 e. The summed E-state index contributed by atoms with van der Waals surface area (Å²) in [6, 6.07) is 3.93. The zero-order valence-electron chi connectivity index (χ0n) is 8.14. The van der Waals surface area contributed by atoms with E-state index in [9.17, 15) is 9.90 Å². The first kappa shape index (κ1) is 12.2. The van der Waals surface area contributed by atoms with Gasteiger partial charge in [0.1, 0.15) is 12.1 Å². The molecule has 1 aromatic carbocycles. The maximum absolute atomic E-state index is 10.6. The molecule has 2 unspecified atom stereocenters. The standard InChI is InChI=1S/C10H12BrNO3/c1-5-2-3-6(7(11)4-5)9(13)8(12)10(14)15/h2-4,8-9,13H,12H2,1H3,(H,14,15). The molecule has 4 nitrogen and oxygen atoms in total. The number of aliphatic carboxylic acids is 1. The lowest BCUT2D eigenvalue weighted by Crippen LogP contribution is -2.36. The number of benzene rings is 1. The van der Waals surface area contributed by atoms with Crippen LogP contribution in [0.5, 0.6) is 0 Å². The SMILES string of the molecule is Cc1ccc(C(O)C(N)C(=O)O)c(Br)c1. The Kier molecular flexibility index (Phi) is 3.84. The maximum atomic E-state index is 10.6. The van der Waals surface area contributed by atoms with E-state index in [4.69, 9.17) is 10.8 Å². The molecule has 0 aliphatic rings. The van der Waals surface area contributed by atoms with E-state index in [0.717, 1.165) is 5.56 Å². The van der Waals surface area contributed by atoms with Crippen LogP contribution in [0.1, 0.15) is 17.2 Å². The summed E-state index contributed by atoms with van der Waals surface area (Å²) in [5, 5.41) is 18.4. The van der Waals surface area contributed by atoms with E-state index in [2.05, 4.69) is 15.9 Å². The Bertz CT molecular complexity index is 381. The second-order valence-electron chi connectivity index (χ2n) is 3.33. The lowest BCUT2D eigenvalue weighted by molar-refractivity contribution is -0.141. The van der Waals surface area contributed by atoms with Gasteiger partial charge in [0.15, 0.2) is 0 Å². The number of carboxylic acids is 1. The minimum atomic E-state index is -1.32. The van der Waals surface area contributed by atoms with Gasteiger partial charge in [-0.1, -0.05) is 28.1 Å². The van der Waals surface area contributed by atoms with Gasteiger partial charge in [0.05, 0.1) is 0 Å². The minimum Gasteiger partial charge on any atom is -0.480 e. The highest BCUT2D eigenvalue weighted by molar-refractivity contribution is 9.10. The van der Waals surface area contributed by atoms with E-state index in [1.807, 2.05) is 6.92 Å². The summed E-state index contributed by atoms with van der Waals surface area (Å²) < 4.78 is 0.659. The predicted molar refractivity (Wildman–Crippen MR) is 59.5 cm³/mol. The highest BCUT2D eigenvalue weighted by Crippen LogP contribution is 2.26. The van der Waals surface area contributed by atoms with Crippen LogP contribution in [0.2, 0.25) is 0 Å². The van der Waals surface area contributed by atoms with Crippen molar-refractivity contribution in [2.45, 2.75) is 19.1 Å². The molecule has 0 saturated carbocycles. The van der Waals surface area contributed by atoms with Crippen molar-refractivity contribution in [2.24, 2.45) is 5.73 Å². The monoisotopic (exact) mass is 273 g/mol.